The van der Waals surface area contributed by atoms with E-state index < -0.39 is 5.91 Å². The molecule has 2 N–H and O–H groups in total. The SMILES string of the molecule is Cc1ccccc1-n1ccnc1SCC(=O)NNC(=O)c1ccc(Cl)cc1. The van der Waals surface area contributed by atoms with Crippen LogP contribution in [0, 0.1) is 6.92 Å². The van der Waals surface area contributed by atoms with Crippen LogP contribution in [-0.4, -0.2) is 27.1 Å². The van der Waals surface area contributed by atoms with E-state index in [1.54, 1.807) is 30.5 Å². The number of halogens is 1. The zero-order valence-electron chi connectivity index (χ0n) is 14.5. The summed E-state index contributed by atoms with van der Waals surface area (Å²) < 4.78 is 1.93. The third-order valence-electron chi connectivity index (χ3n) is 3.74. The Hall–Kier alpha value is -2.77. The van der Waals surface area contributed by atoms with Crippen molar-refractivity contribution in [1.82, 2.24) is 20.4 Å². The Bertz CT molecular complexity index is 956. The molecule has 0 atom stereocenters. The van der Waals surface area contributed by atoms with Gasteiger partial charge >= 0.3 is 0 Å². The molecule has 8 heteroatoms. The first-order chi connectivity index (χ1) is 13.0. The second-order valence-electron chi connectivity index (χ2n) is 5.66. The lowest BCUT2D eigenvalue weighted by Gasteiger charge is -2.10. The summed E-state index contributed by atoms with van der Waals surface area (Å²) in [5.74, 6) is -0.628. The molecule has 27 heavy (non-hydrogen) atoms. The minimum atomic E-state index is -0.411. The quantitative estimate of drug-likeness (QED) is 0.508. The number of nitrogens with one attached hydrogen (secondary N) is 2. The van der Waals surface area contributed by atoms with Crippen LogP contribution >= 0.6 is 23.4 Å². The highest BCUT2D eigenvalue weighted by Gasteiger charge is 2.11. The molecule has 2 amide bonds. The summed E-state index contributed by atoms with van der Waals surface area (Å²) in [5, 5.41) is 1.24. The summed E-state index contributed by atoms with van der Waals surface area (Å²) in [4.78, 5) is 28.3. The third-order valence-corrected chi connectivity index (χ3v) is 4.95. The molecule has 0 unspecified atom stereocenters. The summed E-state index contributed by atoms with van der Waals surface area (Å²) in [6.45, 7) is 2.02. The molecule has 3 aromatic rings. The van der Waals surface area contributed by atoms with Gasteiger partial charge in [-0.15, -0.1) is 0 Å². The number of thioether (sulfide) groups is 1. The molecule has 0 saturated heterocycles. The van der Waals surface area contributed by atoms with Gasteiger partial charge < -0.3 is 0 Å². The van der Waals surface area contributed by atoms with Crippen molar-refractivity contribution < 1.29 is 9.59 Å². The van der Waals surface area contributed by atoms with Gasteiger partial charge in [0.15, 0.2) is 5.16 Å². The number of amides is 2. The molecule has 1 aromatic heterocycles. The average molecular weight is 401 g/mol. The van der Waals surface area contributed by atoms with Gasteiger partial charge in [0.2, 0.25) is 5.91 Å². The number of para-hydroxylation sites is 1. The highest BCUT2D eigenvalue weighted by atomic mass is 35.5. The molecule has 2 aromatic carbocycles. The Balaban J connectivity index is 1.54. The van der Waals surface area contributed by atoms with Crippen molar-refractivity contribution in [3.05, 3.63) is 77.1 Å². The van der Waals surface area contributed by atoms with Crippen molar-refractivity contribution in [2.24, 2.45) is 0 Å². The number of hydrogen-bond acceptors (Lipinski definition) is 4. The maximum Gasteiger partial charge on any atom is 0.269 e. The molecule has 3 rings (SSSR count). The van der Waals surface area contributed by atoms with Crippen LogP contribution < -0.4 is 10.9 Å². The normalized spacial score (nSPS) is 10.4. The van der Waals surface area contributed by atoms with E-state index in [2.05, 4.69) is 15.8 Å². The van der Waals surface area contributed by atoms with Gasteiger partial charge in [-0.3, -0.25) is 25.0 Å². The maximum absolute atomic E-state index is 12.0. The number of imidazole rings is 1. The lowest BCUT2D eigenvalue weighted by atomic mass is 10.2. The minimum absolute atomic E-state index is 0.115. The average Bonchev–Trinajstić information content (AvgIpc) is 3.13. The highest BCUT2D eigenvalue weighted by Crippen LogP contribution is 2.22. The van der Waals surface area contributed by atoms with Gasteiger partial charge in [-0.25, -0.2) is 4.98 Å². The summed E-state index contributed by atoms with van der Waals surface area (Å²) in [5.41, 5.74) is 7.30. The van der Waals surface area contributed by atoms with Crippen LogP contribution in [0.4, 0.5) is 0 Å². The molecule has 0 fully saturated rings. The van der Waals surface area contributed by atoms with E-state index in [1.165, 1.54) is 11.8 Å². The van der Waals surface area contributed by atoms with Crippen molar-refractivity contribution in [1.29, 1.82) is 0 Å². The van der Waals surface area contributed by atoms with Gasteiger partial charge in [0, 0.05) is 23.0 Å². The van der Waals surface area contributed by atoms with Crippen LogP contribution in [0.3, 0.4) is 0 Å². The van der Waals surface area contributed by atoms with Crippen molar-refractivity contribution >= 4 is 35.2 Å². The zero-order chi connectivity index (χ0) is 19.2. The minimum Gasteiger partial charge on any atom is -0.295 e. The van der Waals surface area contributed by atoms with E-state index >= 15 is 0 Å². The standard InChI is InChI=1S/C19H17ClN4O2S/c1-13-4-2-3-5-16(13)24-11-10-21-19(24)27-12-17(25)22-23-18(26)14-6-8-15(20)9-7-14/h2-11H,12H2,1H3,(H,22,25)(H,23,26). The molecule has 1 heterocycles. The smallest absolute Gasteiger partial charge is 0.269 e. The number of rotatable bonds is 5. The number of nitrogens with zero attached hydrogens (tertiary/aromatic N) is 2. The lowest BCUT2D eigenvalue weighted by molar-refractivity contribution is -0.119. The van der Waals surface area contributed by atoms with Gasteiger partial charge in [0.25, 0.3) is 5.91 Å². The molecule has 0 aliphatic carbocycles. The fourth-order valence-corrected chi connectivity index (χ4v) is 3.27. The van der Waals surface area contributed by atoms with E-state index in [1.807, 2.05) is 42.0 Å². The van der Waals surface area contributed by atoms with Gasteiger partial charge in [0.05, 0.1) is 11.4 Å². The number of aryl methyl sites for hydroxylation is 1. The summed E-state index contributed by atoms with van der Waals surface area (Å²) in [6, 6.07) is 14.3. The monoisotopic (exact) mass is 400 g/mol. The Morgan fingerprint density at radius 3 is 2.59 bits per heavy atom. The Morgan fingerprint density at radius 2 is 1.85 bits per heavy atom. The van der Waals surface area contributed by atoms with E-state index in [-0.39, 0.29) is 11.7 Å². The van der Waals surface area contributed by atoms with Crippen LogP contribution in [-0.2, 0) is 4.79 Å². The largest absolute Gasteiger partial charge is 0.295 e. The fourth-order valence-electron chi connectivity index (χ4n) is 2.38. The first-order valence-corrected chi connectivity index (χ1v) is 9.48. The second-order valence-corrected chi connectivity index (χ2v) is 7.04. The Morgan fingerprint density at radius 1 is 1.11 bits per heavy atom. The number of hydrazine groups is 1. The van der Waals surface area contributed by atoms with Gasteiger partial charge in [-0.1, -0.05) is 41.6 Å². The zero-order valence-corrected chi connectivity index (χ0v) is 16.1. The van der Waals surface area contributed by atoms with Crippen LogP contribution in [0.2, 0.25) is 5.02 Å². The predicted octanol–water partition coefficient (Wildman–Crippen LogP) is 3.39. The number of benzene rings is 2. The van der Waals surface area contributed by atoms with Crippen LogP contribution in [0.5, 0.6) is 0 Å². The molecular weight excluding hydrogens is 384 g/mol. The summed E-state index contributed by atoms with van der Waals surface area (Å²) in [7, 11) is 0. The van der Waals surface area contributed by atoms with Crippen LogP contribution in [0.1, 0.15) is 15.9 Å². The van der Waals surface area contributed by atoms with E-state index in [9.17, 15) is 9.59 Å². The molecule has 0 spiro atoms. The molecule has 138 valence electrons. The molecule has 0 bridgehead atoms. The fraction of sp³-hybridized carbons (Fsp3) is 0.105. The van der Waals surface area contributed by atoms with Crippen molar-refractivity contribution in [3.63, 3.8) is 0 Å². The number of hydrogen-bond donors (Lipinski definition) is 2. The summed E-state index contributed by atoms with van der Waals surface area (Å²) in [6.07, 6.45) is 3.54. The molecule has 0 radical (unpaired) electrons. The van der Waals surface area contributed by atoms with Crippen LogP contribution in [0.15, 0.2) is 66.1 Å². The van der Waals surface area contributed by atoms with Gasteiger partial charge in [0.1, 0.15) is 0 Å². The first-order valence-electron chi connectivity index (χ1n) is 8.11. The predicted molar refractivity (Wildman–Crippen MR) is 106 cm³/mol. The second kappa shape index (κ2) is 8.75. The number of aromatic nitrogens is 2. The molecular formula is C19H17ClN4O2S. The van der Waals surface area contributed by atoms with Crippen molar-refractivity contribution in [2.75, 3.05) is 5.75 Å². The van der Waals surface area contributed by atoms with Gasteiger partial charge in [-0.05, 0) is 42.8 Å². The van der Waals surface area contributed by atoms with Crippen LogP contribution in [0.25, 0.3) is 5.69 Å². The molecule has 0 aliphatic rings. The summed E-state index contributed by atoms with van der Waals surface area (Å²) >= 11 is 7.07. The number of carbonyl (C=O) groups excluding carboxylic acids is 2. The van der Waals surface area contributed by atoms with Crippen molar-refractivity contribution in [2.45, 2.75) is 12.1 Å². The molecule has 6 nitrogen and oxygen atoms in total. The van der Waals surface area contributed by atoms with E-state index in [0.29, 0.717) is 15.7 Å². The third kappa shape index (κ3) is 4.90. The number of carbonyl (C=O) groups is 2. The Kier molecular flexibility index (Phi) is 6.16. The molecule has 0 saturated carbocycles. The van der Waals surface area contributed by atoms with E-state index in [0.717, 1.165) is 11.3 Å². The first kappa shape index (κ1) is 19.0. The maximum atomic E-state index is 12.0. The lowest BCUT2D eigenvalue weighted by Crippen LogP contribution is -2.42. The topological polar surface area (TPSA) is 76.0 Å². The van der Waals surface area contributed by atoms with Crippen molar-refractivity contribution in [3.8, 4) is 5.69 Å². The molecule has 0 aliphatic heterocycles. The van der Waals surface area contributed by atoms with Gasteiger partial charge in [-0.2, -0.15) is 0 Å². The highest BCUT2D eigenvalue weighted by molar-refractivity contribution is 7.99. The Labute approximate surface area is 165 Å². The van der Waals surface area contributed by atoms with E-state index in [4.69, 9.17) is 11.6 Å².